The number of phenols is 2. The summed E-state index contributed by atoms with van der Waals surface area (Å²) in [5, 5.41) is 19.7. The molecule has 84 valence electrons. The Bertz CT molecular complexity index is 325. The number of rotatable bonds is 2. The van der Waals surface area contributed by atoms with Crippen molar-refractivity contribution in [3.8, 4) is 11.5 Å². The van der Waals surface area contributed by atoms with Gasteiger partial charge in [-0.25, -0.2) is 0 Å². The largest absolute Gasteiger partial charge is 0.507 e. The first kappa shape index (κ1) is 11.9. The van der Waals surface area contributed by atoms with Crippen molar-refractivity contribution in [3.63, 3.8) is 0 Å². The molecule has 0 saturated heterocycles. The predicted molar refractivity (Wildman–Crippen MR) is 62.5 cm³/mol. The van der Waals surface area contributed by atoms with Crippen LogP contribution in [0.2, 0.25) is 0 Å². The van der Waals surface area contributed by atoms with E-state index in [-0.39, 0.29) is 16.9 Å². The minimum absolute atomic E-state index is 0.200. The summed E-state index contributed by atoms with van der Waals surface area (Å²) in [6, 6.07) is 3.51. The lowest BCUT2D eigenvalue weighted by molar-refractivity contribution is 0.409. The Balaban J connectivity index is 3.22. The Kier molecular flexibility index (Phi) is 3.28. The molecule has 0 aliphatic carbocycles. The first-order valence-electron chi connectivity index (χ1n) is 5.41. The first-order chi connectivity index (χ1) is 6.86. The molecule has 0 radical (unpaired) electrons. The molecule has 0 unspecified atom stereocenters. The molecule has 1 aromatic rings. The molecule has 0 amide bonds. The average molecular weight is 208 g/mol. The maximum Gasteiger partial charge on any atom is 0.123 e. The molecule has 0 aliphatic heterocycles. The Labute approximate surface area is 91.6 Å². The SMILES string of the molecule is CCCc1cc(O)c(C(C)(C)C)c(O)c1. The third kappa shape index (κ3) is 2.65. The van der Waals surface area contributed by atoms with E-state index >= 15 is 0 Å². The maximum atomic E-state index is 9.87. The Morgan fingerprint density at radius 1 is 1.07 bits per heavy atom. The van der Waals surface area contributed by atoms with Gasteiger partial charge in [0.25, 0.3) is 0 Å². The monoisotopic (exact) mass is 208 g/mol. The van der Waals surface area contributed by atoms with Crippen molar-refractivity contribution >= 4 is 0 Å². The summed E-state index contributed by atoms with van der Waals surface area (Å²) >= 11 is 0. The number of aromatic hydroxyl groups is 2. The van der Waals surface area contributed by atoms with Crippen LogP contribution >= 0.6 is 0 Å². The Morgan fingerprint density at radius 3 is 1.87 bits per heavy atom. The van der Waals surface area contributed by atoms with E-state index in [1.807, 2.05) is 20.8 Å². The fourth-order valence-corrected chi connectivity index (χ4v) is 1.87. The van der Waals surface area contributed by atoms with Crippen LogP contribution in [0.25, 0.3) is 0 Å². The first-order valence-corrected chi connectivity index (χ1v) is 5.41. The van der Waals surface area contributed by atoms with Crippen LogP contribution in [0.1, 0.15) is 45.2 Å². The van der Waals surface area contributed by atoms with Gasteiger partial charge < -0.3 is 10.2 Å². The minimum Gasteiger partial charge on any atom is -0.507 e. The predicted octanol–water partition coefficient (Wildman–Crippen LogP) is 3.35. The van der Waals surface area contributed by atoms with Crippen molar-refractivity contribution in [2.24, 2.45) is 0 Å². The molecule has 1 aromatic carbocycles. The number of aryl methyl sites for hydroxylation is 1. The maximum absolute atomic E-state index is 9.87. The number of benzene rings is 1. The number of hydrogen-bond acceptors (Lipinski definition) is 2. The van der Waals surface area contributed by atoms with Gasteiger partial charge in [-0.15, -0.1) is 0 Å². The average Bonchev–Trinajstić information content (AvgIpc) is 1.99. The number of phenolic OH excluding ortho intramolecular Hbond substituents is 2. The van der Waals surface area contributed by atoms with Crippen molar-refractivity contribution < 1.29 is 10.2 Å². The highest BCUT2D eigenvalue weighted by Gasteiger charge is 2.22. The second-order valence-electron chi connectivity index (χ2n) is 5.01. The van der Waals surface area contributed by atoms with E-state index < -0.39 is 0 Å². The Hall–Kier alpha value is -1.18. The third-order valence-electron chi connectivity index (χ3n) is 2.45. The molecular weight excluding hydrogens is 188 g/mol. The van der Waals surface area contributed by atoms with Gasteiger partial charge in [0, 0.05) is 5.56 Å². The summed E-state index contributed by atoms with van der Waals surface area (Å²) in [7, 11) is 0. The van der Waals surface area contributed by atoms with Gasteiger partial charge in [-0.1, -0.05) is 34.1 Å². The van der Waals surface area contributed by atoms with Crippen LogP contribution in [0.15, 0.2) is 12.1 Å². The van der Waals surface area contributed by atoms with E-state index in [2.05, 4.69) is 6.92 Å². The van der Waals surface area contributed by atoms with Crippen molar-refractivity contribution in [1.82, 2.24) is 0 Å². The normalized spacial score (nSPS) is 11.7. The second-order valence-corrected chi connectivity index (χ2v) is 5.01. The lowest BCUT2D eigenvalue weighted by atomic mass is 9.84. The van der Waals surface area contributed by atoms with E-state index in [0.717, 1.165) is 18.4 Å². The van der Waals surface area contributed by atoms with Crippen molar-refractivity contribution in [1.29, 1.82) is 0 Å². The second kappa shape index (κ2) is 4.13. The molecular formula is C13H20O2. The van der Waals surface area contributed by atoms with Crippen LogP contribution in [-0.4, -0.2) is 10.2 Å². The highest BCUT2D eigenvalue weighted by atomic mass is 16.3. The topological polar surface area (TPSA) is 40.5 Å². The molecule has 0 saturated carbocycles. The molecule has 0 spiro atoms. The van der Waals surface area contributed by atoms with E-state index in [4.69, 9.17) is 0 Å². The molecule has 0 bridgehead atoms. The molecule has 2 heteroatoms. The van der Waals surface area contributed by atoms with Gasteiger partial charge in [0.2, 0.25) is 0 Å². The fourth-order valence-electron chi connectivity index (χ4n) is 1.87. The van der Waals surface area contributed by atoms with Crippen molar-refractivity contribution in [3.05, 3.63) is 23.3 Å². The van der Waals surface area contributed by atoms with Crippen LogP contribution in [0.3, 0.4) is 0 Å². The smallest absolute Gasteiger partial charge is 0.123 e. The van der Waals surface area contributed by atoms with Crippen LogP contribution in [0.5, 0.6) is 11.5 Å². The van der Waals surface area contributed by atoms with Gasteiger partial charge in [-0.3, -0.25) is 0 Å². The fraction of sp³-hybridized carbons (Fsp3) is 0.538. The zero-order valence-corrected chi connectivity index (χ0v) is 9.96. The quantitative estimate of drug-likeness (QED) is 0.782. The molecule has 0 fully saturated rings. The molecule has 2 N–H and O–H groups in total. The summed E-state index contributed by atoms with van der Waals surface area (Å²) in [5.41, 5.74) is 1.38. The molecule has 0 aromatic heterocycles. The third-order valence-corrected chi connectivity index (χ3v) is 2.45. The summed E-state index contributed by atoms with van der Waals surface area (Å²) in [6.07, 6.45) is 1.89. The zero-order valence-electron chi connectivity index (χ0n) is 9.96. The minimum atomic E-state index is -0.237. The molecule has 15 heavy (non-hydrogen) atoms. The highest BCUT2D eigenvalue weighted by molar-refractivity contribution is 5.50. The van der Waals surface area contributed by atoms with Crippen LogP contribution in [-0.2, 0) is 11.8 Å². The highest BCUT2D eigenvalue weighted by Crippen LogP contribution is 2.38. The van der Waals surface area contributed by atoms with Gasteiger partial charge in [-0.2, -0.15) is 0 Å². The molecule has 0 aliphatic rings. The van der Waals surface area contributed by atoms with Gasteiger partial charge >= 0.3 is 0 Å². The van der Waals surface area contributed by atoms with E-state index in [1.165, 1.54) is 0 Å². The summed E-state index contributed by atoms with van der Waals surface area (Å²) in [6.45, 7) is 8.00. The molecule has 0 atom stereocenters. The standard InChI is InChI=1S/C13H20O2/c1-5-6-9-7-10(14)12(11(15)8-9)13(2,3)4/h7-8,14-15H,5-6H2,1-4H3. The molecule has 2 nitrogen and oxygen atoms in total. The van der Waals surface area contributed by atoms with Gasteiger partial charge in [0.1, 0.15) is 11.5 Å². The summed E-state index contributed by atoms with van der Waals surface area (Å²) in [4.78, 5) is 0. The summed E-state index contributed by atoms with van der Waals surface area (Å²) < 4.78 is 0. The van der Waals surface area contributed by atoms with Crippen LogP contribution < -0.4 is 0 Å². The van der Waals surface area contributed by atoms with Crippen LogP contribution in [0, 0.1) is 0 Å². The van der Waals surface area contributed by atoms with Gasteiger partial charge in [0.15, 0.2) is 0 Å². The van der Waals surface area contributed by atoms with E-state index in [0.29, 0.717) is 5.56 Å². The van der Waals surface area contributed by atoms with Crippen molar-refractivity contribution in [2.45, 2.75) is 46.0 Å². The van der Waals surface area contributed by atoms with Crippen LogP contribution in [0.4, 0.5) is 0 Å². The molecule has 0 heterocycles. The van der Waals surface area contributed by atoms with Gasteiger partial charge in [-0.05, 0) is 29.5 Å². The van der Waals surface area contributed by atoms with E-state index in [1.54, 1.807) is 12.1 Å². The van der Waals surface area contributed by atoms with Gasteiger partial charge in [0.05, 0.1) is 0 Å². The van der Waals surface area contributed by atoms with Crippen molar-refractivity contribution in [2.75, 3.05) is 0 Å². The Morgan fingerprint density at radius 2 is 1.53 bits per heavy atom. The lowest BCUT2D eigenvalue weighted by Crippen LogP contribution is -2.11. The zero-order chi connectivity index (χ0) is 11.6. The number of hydrogen-bond donors (Lipinski definition) is 2. The van der Waals surface area contributed by atoms with E-state index in [9.17, 15) is 10.2 Å². The molecule has 1 rings (SSSR count). The summed E-state index contributed by atoms with van der Waals surface area (Å²) in [5.74, 6) is 0.400. The lowest BCUT2D eigenvalue weighted by Gasteiger charge is -2.22.